The number of hydrogen-bond donors (Lipinski definition) is 0. The van der Waals surface area contributed by atoms with Crippen molar-refractivity contribution < 1.29 is 14.0 Å². The molecule has 4 aromatic rings. The van der Waals surface area contributed by atoms with Gasteiger partial charge in [-0.05, 0) is 12.1 Å². The summed E-state index contributed by atoms with van der Waals surface area (Å²) in [4.78, 5) is 34.7. The predicted molar refractivity (Wildman–Crippen MR) is 116 cm³/mol. The number of carbonyl (C=O) groups excluding carboxylic acids is 2. The number of rotatable bonds is 4. The van der Waals surface area contributed by atoms with Gasteiger partial charge in [0.1, 0.15) is 11.2 Å². The molecule has 9 nitrogen and oxygen atoms in total. The largest absolute Gasteiger partial charge is 0.423 e. The summed E-state index contributed by atoms with van der Waals surface area (Å²) in [5.74, 6) is -0.436. The van der Waals surface area contributed by atoms with Crippen LogP contribution in [0.5, 0.6) is 0 Å². The molecular weight excluding hydrogens is 408 g/mol. The maximum absolute atomic E-state index is 13.0. The van der Waals surface area contributed by atoms with Crippen molar-refractivity contribution in [2.45, 2.75) is 6.54 Å². The Labute approximate surface area is 183 Å². The van der Waals surface area contributed by atoms with Crippen molar-refractivity contribution in [3.8, 4) is 0 Å². The van der Waals surface area contributed by atoms with Crippen molar-refractivity contribution >= 4 is 28.7 Å². The summed E-state index contributed by atoms with van der Waals surface area (Å²) in [7, 11) is 0. The molecule has 0 spiro atoms. The van der Waals surface area contributed by atoms with Gasteiger partial charge in [-0.25, -0.2) is 4.68 Å². The average Bonchev–Trinajstić information content (AvgIpc) is 3.46. The van der Waals surface area contributed by atoms with Crippen molar-refractivity contribution in [2.75, 3.05) is 37.6 Å². The summed E-state index contributed by atoms with van der Waals surface area (Å²) in [6.45, 7) is 4.48. The number of aromatic nitrogens is 4. The summed E-state index contributed by atoms with van der Waals surface area (Å²) in [6, 6.07) is 15.3. The van der Waals surface area contributed by atoms with E-state index in [1.807, 2.05) is 24.3 Å². The first kappa shape index (κ1) is 18.9. The molecule has 0 saturated carbocycles. The number of anilines is 1. The van der Waals surface area contributed by atoms with Crippen LogP contribution in [0.15, 0.2) is 52.9 Å². The lowest BCUT2D eigenvalue weighted by Gasteiger charge is -2.33. The second-order valence-corrected chi connectivity index (χ2v) is 8.01. The number of oxazole rings is 1. The highest BCUT2D eigenvalue weighted by molar-refractivity contribution is 6.26. The average molecular weight is 428 g/mol. The van der Waals surface area contributed by atoms with Crippen LogP contribution in [-0.4, -0.2) is 69.2 Å². The molecule has 9 heteroatoms. The van der Waals surface area contributed by atoms with Crippen LogP contribution in [0.4, 0.5) is 6.01 Å². The molecule has 0 N–H and O–H groups in total. The number of piperazine rings is 1. The van der Waals surface area contributed by atoms with Crippen LogP contribution in [0.1, 0.15) is 32.1 Å². The Bertz CT molecular complexity index is 1320. The van der Waals surface area contributed by atoms with E-state index in [9.17, 15) is 9.59 Å². The third-order valence-electron chi connectivity index (χ3n) is 6.14. The lowest BCUT2D eigenvalue weighted by molar-refractivity contribution is 0.0970. The molecule has 32 heavy (non-hydrogen) atoms. The van der Waals surface area contributed by atoms with Crippen LogP contribution in [0, 0.1) is 0 Å². The first-order valence-electron chi connectivity index (χ1n) is 10.6. The van der Waals surface area contributed by atoms with Gasteiger partial charge in [-0.3, -0.25) is 14.5 Å². The molecule has 0 unspecified atom stereocenters. The van der Waals surface area contributed by atoms with Crippen molar-refractivity contribution in [3.05, 3.63) is 71.0 Å². The molecular formula is C23H20N6O3. The number of benzene rings is 2. The normalized spacial score (nSPS) is 16.4. The number of para-hydroxylation sites is 2. The maximum atomic E-state index is 13.0. The number of hydrogen-bond acceptors (Lipinski definition) is 8. The molecule has 1 fully saturated rings. The molecule has 0 radical (unpaired) electrons. The van der Waals surface area contributed by atoms with E-state index in [0.717, 1.165) is 37.3 Å². The fourth-order valence-electron chi connectivity index (χ4n) is 4.38. The number of carbonyl (C=O) groups is 2. The van der Waals surface area contributed by atoms with Crippen molar-refractivity contribution in [3.63, 3.8) is 0 Å². The van der Waals surface area contributed by atoms with Crippen LogP contribution < -0.4 is 4.90 Å². The predicted octanol–water partition coefficient (Wildman–Crippen LogP) is 2.02. The highest BCUT2D eigenvalue weighted by Crippen LogP contribution is 2.26. The monoisotopic (exact) mass is 428 g/mol. The zero-order valence-electron chi connectivity index (χ0n) is 17.3. The first-order chi connectivity index (χ1) is 15.7. The van der Waals surface area contributed by atoms with E-state index in [-0.39, 0.29) is 17.3 Å². The van der Waals surface area contributed by atoms with Crippen molar-refractivity contribution in [1.29, 1.82) is 0 Å². The minimum Gasteiger partial charge on any atom is -0.423 e. The van der Waals surface area contributed by atoms with E-state index in [4.69, 9.17) is 4.42 Å². The van der Waals surface area contributed by atoms with E-state index in [1.165, 1.54) is 0 Å². The molecule has 3 heterocycles. The Hall–Kier alpha value is -3.85. The van der Waals surface area contributed by atoms with Gasteiger partial charge in [-0.2, -0.15) is 4.98 Å². The highest BCUT2D eigenvalue weighted by Gasteiger charge is 2.35. The SMILES string of the molecule is O=C1c2ccccc2C(=O)c2c1nnn2CCN1CCN(c2nc3ccccc3o2)CC1. The number of nitrogens with zero attached hydrogens (tertiary/aromatic N) is 6. The summed E-state index contributed by atoms with van der Waals surface area (Å²) >= 11 is 0. The Balaban J connectivity index is 1.12. The van der Waals surface area contributed by atoms with Crippen LogP contribution in [0.25, 0.3) is 11.1 Å². The molecule has 6 rings (SSSR count). The molecule has 1 saturated heterocycles. The van der Waals surface area contributed by atoms with E-state index >= 15 is 0 Å². The molecule has 2 aromatic carbocycles. The van der Waals surface area contributed by atoms with Crippen LogP contribution in [0.2, 0.25) is 0 Å². The van der Waals surface area contributed by atoms with Gasteiger partial charge in [0.05, 0.1) is 6.54 Å². The second kappa shape index (κ2) is 7.38. The first-order valence-corrected chi connectivity index (χ1v) is 10.6. The zero-order valence-corrected chi connectivity index (χ0v) is 17.3. The molecule has 1 aliphatic carbocycles. The van der Waals surface area contributed by atoms with E-state index in [1.54, 1.807) is 28.9 Å². The molecule has 160 valence electrons. The van der Waals surface area contributed by atoms with Gasteiger partial charge in [0.2, 0.25) is 11.6 Å². The number of fused-ring (bicyclic) bond motifs is 3. The van der Waals surface area contributed by atoms with Gasteiger partial charge in [0, 0.05) is 43.9 Å². The Kier molecular flexibility index (Phi) is 4.36. The van der Waals surface area contributed by atoms with Crippen LogP contribution >= 0.6 is 0 Å². The van der Waals surface area contributed by atoms with Gasteiger partial charge >= 0.3 is 0 Å². The standard InChI is InChI=1S/C23H20N6O3/c30-21-15-5-1-2-6-16(15)22(31)20-19(21)25-26-29(20)14-11-27-9-12-28(13-10-27)23-24-17-7-3-4-8-18(17)32-23/h1-8H,9-14H2. The van der Waals surface area contributed by atoms with Gasteiger partial charge in [-0.1, -0.05) is 41.6 Å². The van der Waals surface area contributed by atoms with Gasteiger partial charge < -0.3 is 9.32 Å². The topological polar surface area (TPSA) is 97.4 Å². The molecule has 2 aliphatic rings. The lowest BCUT2D eigenvalue weighted by atomic mass is 9.90. The minimum absolute atomic E-state index is 0.148. The lowest BCUT2D eigenvalue weighted by Crippen LogP contribution is -2.47. The molecule has 1 aliphatic heterocycles. The Morgan fingerprint density at radius 3 is 2.34 bits per heavy atom. The molecule has 0 bridgehead atoms. The Morgan fingerprint density at radius 2 is 1.56 bits per heavy atom. The van der Waals surface area contributed by atoms with Crippen molar-refractivity contribution in [1.82, 2.24) is 24.9 Å². The smallest absolute Gasteiger partial charge is 0.298 e. The van der Waals surface area contributed by atoms with Crippen LogP contribution in [0.3, 0.4) is 0 Å². The van der Waals surface area contributed by atoms with Crippen molar-refractivity contribution in [2.24, 2.45) is 0 Å². The minimum atomic E-state index is -0.242. The third-order valence-corrected chi connectivity index (χ3v) is 6.14. The van der Waals surface area contributed by atoms with Gasteiger partial charge in [0.25, 0.3) is 6.01 Å². The van der Waals surface area contributed by atoms with E-state index in [0.29, 0.717) is 35.9 Å². The summed E-state index contributed by atoms with van der Waals surface area (Å²) in [5, 5.41) is 8.13. The third kappa shape index (κ3) is 3.01. The quantitative estimate of drug-likeness (QED) is 0.429. The highest BCUT2D eigenvalue weighted by atomic mass is 16.4. The fourth-order valence-corrected chi connectivity index (χ4v) is 4.38. The van der Waals surface area contributed by atoms with Crippen LogP contribution in [-0.2, 0) is 6.54 Å². The number of ketones is 2. The fraction of sp³-hybridized carbons (Fsp3) is 0.261. The molecule has 2 aromatic heterocycles. The zero-order chi connectivity index (χ0) is 21.7. The van der Waals surface area contributed by atoms with Gasteiger partial charge in [-0.15, -0.1) is 5.10 Å². The summed E-state index contributed by atoms with van der Waals surface area (Å²) < 4.78 is 7.45. The summed E-state index contributed by atoms with van der Waals surface area (Å²) in [6.07, 6.45) is 0. The summed E-state index contributed by atoms with van der Waals surface area (Å²) in [5.41, 5.74) is 2.91. The van der Waals surface area contributed by atoms with Gasteiger partial charge in [0.15, 0.2) is 11.3 Å². The van der Waals surface area contributed by atoms with E-state index in [2.05, 4.69) is 25.1 Å². The Morgan fingerprint density at radius 1 is 0.844 bits per heavy atom. The maximum Gasteiger partial charge on any atom is 0.298 e. The van der Waals surface area contributed by atoms with E-state index < -0.39 is 0 Å². The molecule has 0 amide bonds. The second-order valence-electron chi connectivity index (χ2n) is 8.01. The molecule has 0 atom stereocenters.